The maximum absolute atomic E-state index is 6.07. The molecule has 0 saturated heterocycles. The number of hydrogen-bond acceptors (Lipinski definition) is 1. The number of thiocarbonyl (C=S) groups is 1. The molecule has 0 aliphatic carbocycles. The molecule has 2 aromatic carbocycles. The molecule has 0 fully saturated rings. The Bertz CT molecular complexity index is 602. The second-order valence-electron chi connectivity index (χ2n) is 4.59. The van der Waals surface area contributed by atoms with Crippen LogP contribution in [-0.4, -0.2) is 11.7 Å². The lowest BCUT2D eigenvalue weighted by Crippen LogP contribution is -2.29. The summed E-state index contributed by atoms with van der Waals surface area (Å²) in [4.78, 5) is 0. The summed E-state index contributed by atoms with van der Waals surface area (Å²) in [6.07, 6.45) is 2.03. The molecule has 2 N–H and O–H groups in total. The van der Waals surface area contributed by atoms with Gasteiger partial charge in [-0.15, -0.1) is 0 Å². The summed E-state index contributed by atoms with van der Waals surface area (Å²) in [5.74, 6) is 0. The van der Waals surface area contributed by atoms with Crippen molar-refractivity contribution in [2.24, 2.45) is 0 Å². The normalized spacial score (nSPS) is 10.2. The molecule has 0 aliphatic heterocycles. The number of hydrogen-bond donors (Lipinski definition) is 2. The third-order valence-corrected chi connectivity index (χ3v) is 3.76. The van der Waals surface area contributed by atoms with Crippen LogP contribution in [0.3, 0.4) is 0 Å². The van der Waals surface area contributed by atoms with E-state index in [4.69, 9.17) is 35.4 Å². The third-order valence-electron chi connectivity index (χ3n) is 2.95. The van der Waals surface area contributed by atoms with E-state index in [0.717, 1.165) is 19.4 Å². The molecule has 0 radical (unpaired) electrons. The fourth-order valence-electron chi connectivity index (χ4n) is 1.90. The molecule has 2 aromatic rings. The molecule has 0 unspecified atom stereocenters. The zero-order valence-corrected chi connectivity index (χ0v) is 13.7. The highest BCUT2D eigenvalue weighted by Crippen LogP contribution is 2.25. The van der Waals surface area contributed by atoms with Gasteiger partial charge in [-0.25, -0.2) is 0 Å². The summed E-state index contributed by atoms with van der Waals surface area (Å²) in [6.45, 7) is 0.804. The Balaban J connectivity index is 1.74. The van der Waals surface area contributed by atoms with Gasteiger partial charge in [-0.05, 0) is 48.8 Å². The van der Waals surface area contributed by atoms with Crippen LogP contribution in [-0.2, 0) is 6.42 Å². The van der Waals surface area contributed by atoms with E-state index in [1.807, 2.05) is 6.07 Å². The van der Waals surface area contributed by atoms with E-state index in [-0.39, 0.29) is 0 Å². The number of rotatable bonds is 5. The van der Waals surface area contributed by atoms with Crippen LogP contribution in [0.25, 0.3) is 0 Å². The molecule has 5 heteroatoms. The average molecular weight is 339 g/mol. The molecule has 2 rings (SSSR count). The van der Waals surface area contributed by atoms with Gasteiger partial charge >= 0.3 is 0 Å². The van der Waals surface area contributed by atoms with Crippen molar-refractivity contribution in [3.05, 3.63) is 64.1 Å². The van der Waals surface area contributed by atoms with Crippen LogP contribution in [0.1, 0.15) is 12.0 Å². The predicted molar refractivity (Wildman–Crippen MR) is 95.4 cm³/mol. The molecule has 0 aliphatic rings. The molecule has 0 amide bonds. The Morgan fingerprint density at radius 1 is 1.05 bits per heavy atom. The van der Waals surface area contributed by atoms with Gasteiger partial charge in [-0.3, -0.25) is 0 Å². The average Bonchev–Trinajstić information content (AvgIpc) is 2.48. The first-order valence-corrected chi connectivity index (χ1v) is 7.85. The monoisotopic (exact) mass is 338 g/mol. The maximum Gasteiger partial charge on any atom is 0.170 e. The second-order valence-corrected chi connectivity index (χ2v) is 5.85. The van der Waals surface area contributed by atoms with E-state index in [1.165, 1.54) is 5.56 Å². The van der Waals surface area contributed by atoms with Crippen LogP contribution >= 0.6 is 35.4 Å². The molecule has 21 heavy (non-hydrogen) atoms. The molecular formula is C16H16Cl2N2S. The topological polar surface area (TPSA) is 24.1 Å². The first-order chi connectivity index (χ1) is 10.1. The summed E-state index contributed by atoms with van der Waals surface area (Å²) < 4.78 is 0. The van der Waals surface area contributed by atoms with Gasteiger partial charge in [0, 0.05) is 11.6 Å². The molecule has 0 spiro atoms. The SMILES string of the molecule is S=C(NCCCc1ccccc1)Nc1cc(Cl)ccc1Cl. The van der Waals surface area contributed by atoms with Gasteiger partial charge in [0.2, 0.25) is 0 Å². The van der Waals surface area contributed by atoms with Crippen molar-refractivity contribution in [2.45, 2.75) is 12.8 Å². The predicted octanol–water partition coefficient (Wildman–Crippen LogP) is 4.91. The minimum Gasteiger partial charge on any atom is -0.362 e. The Hall–Kier alpha value is -1.29. The molecule has 110 valence electrons. The molecule has 0 bridgehead atoms. The first-order valence-electron chi connectivity index (χ1n) is 6.69. The highest BCUT2D eigenvalue weighted by molar-refractivity contribution is 7.80. The van der Waals surface area contributed by atoms with Gasteiger partial charge in [0.15, 0.2) is 5.11 Å². The summed E-state index contributed by atoms with van der Waals surface area (Å²) in [5, 5.41) is 7.98. The Morgan fingerprint density at radius 2 is 1.81 bits per heavy atom. The van der Waals surface area contributed by atoms with Crippen LogP contribution < -0.4 is 10.6 Å². The van der Waals surface area contributed by atoms with E-state index in [0.29, 0.717) is 20.8 Å². The van der Waals surface area contributed by atoms with Gasteiger partial charge in [0.1, 0.15) is 0 Å². The minimum absolute atomic E-state index is 0.548. The largest absolute Gasteiger partial charge is 0.362 e. The summed E-state index contributed by atoms with van der Waals surface area (Å²) in [5.41, 5.74) is 2.04. The summed E-state index contributed by atoms with van der Waals surface area (Å²) in [6, 6.07) is 15.6. The molecule has 0 aromatic heterocycles. The van der Waals surface area contributed by atoms with Crippen LogP contribution in [0.5, 0.6) is 0 Å². The first kappa shape index (κ1) is 16.1. The Kier molecular flexibility index (Phi) is 6.30. The molecular weight excluding hydrogens is 323 g/mol. The number of halogens is 2. The van der Waals surface area contributed by atoms with Crippen LogP contribution in [0.15, 0.2) is 48.5 Å². The van der Waals surface area contributed by atoms with Crippen molar-refractivity contribution < 1.29 is 0 Å². The lowest BCUT2D eigenvalue weighted by molar-refractivity contribution is 0.777. The fraction of sp³-hybridized carbons (Fsp3) is 0.188. The van der Waals surface area contributed by atoms with E-state index < -0.39 is 0 Å². The zero-order chi connectivity index (χ0) is 15.1. The highest BCUT2D eigenvalue weighted by atomic mass is 35.5. The van der Waals surface area contributed by atoms with Crippen molar-refractivity contribution in [1.82, 2.24) is 5.32 Å². The quantitative estimate of drug-likeness (QED) is 0.598. The number of aryl methyl sites for hydroxylation is 1. The third kappa shape index (κ3) is 5.54. The lowest BCUT2D eigenvalue weighted by Gasteiger charge is -2.12. The molecule has 2 nitrogen and oxygen atoms in total. The van der Waals surface area contributed by atoms with E-state index in [2.05, 4.69) is 34.9 Å². The van der Waals surface area contributed by atoms with Crippen molar-refractivity contribution in [2.75, 3.05) is 11.9 Å². The highest BCUT2D eigenvalue weighted by Gasteiger charge is 2.03. The number of nitrogens with one attached hydrogen (secondary N) is 2. The fourth-order valence-corrected chi connectivity index (χ4v) is 2.45. The van der Waals surface area contributed by atoms with Crippen molar-refractivity contribution in [3.63, 3.8) is 0 Å². The standard InChI is InChI=1S/C16H16Cl2N2S/c17-13-8-9-14(18)15(11-13)20-16(21)19-10-4-7-12-5-2-1-3-6-12/h1-3,5-6,8-9,11H,4,7,10H2,(H2,19,20,21). The van der Waals surface area contributed by atoms with Crippen molar-refractivity contribution >= 4 is 46.2 Å². The number of benzene rings is 2. The minimum atomic E-state index is 0.548. The molecule has 0 heterocycles. The molecule has 0 atom stereocenters. The van der Waals surface area contributed by atoms with Crippen molar-refractivity contribution in [3.8, 4) is 0 Å². The van der Waals surface area contributed by atoms with E-state index in [9.17, 15) is 0 Å². The Morgan fingerprint density at radius 3 is 2.57 bits per heavy atom. The van der Waals surface area contributed by atoms with Crippen LogP contribution in [0, 0.1) is 0 Å². The van der Waals surface area contributed by atoms with E-state index >= 15 is 0 Å². The van der Waals surface area contributed by atoms with Gasteiger partial charge < -0.3 is 10.6 Å². The van der Waals surface area contributed by atoms with E-state index in [1.54, 1.807) is 18.2 Å². The van der Waals surface area contributed by atoms with Gasteiger partial charge in [-0.1, -0.05) is 53.5 Å². The Labute approximate surface area is 140 Å². The molecule has 0 saturated carbocycles. The number of anilines is 1. The smallest absolute Gasteiger partial charge is 0.170 e. The van der Waals surface area contributed by atoms with Gasteiger partial charge in [-0.2, -0.15) is 0 Å². The maximum atomic E-state index is 6.07. The summed E-state index contributed by atoms with van der Waals surface area (Å²) in [7, 11) is 0. The van der Waals surface area contributed by atoms with Crippen LogP contribution in [0.4, 0.5) is 5.69 Å². The van der Waals surface area contributed by atoms with Crippen LogP contribution in [0.2, 0.25) is 10.0 Å². The van der Waals surface area contributed by atoms with Gasteiger partial charge in [0.25, 0.3) is 0 Å². The zero-order valence-electron chi connectivity index (χ0n) is 11.4. The second kappa shape index (κ2) is 8.23. The summed E-state index contributed by atoms with van der Waals surface area (Å²) >= 11 is 17.3. The van der Waals surface area contributed by atoms with Crippen molar-refractivity contribution in [1.29, 1.82) is 0 Å². The lowest BCUT2D eigenvalue weighted by atomic mass is 10.1. The van der Waals surface area contributed by atoms with Gasteiger partial charge in [0.05, 0.1) is 10.7 Å².